The van der Waals surface area contributed by atoms with Gasteiger partial charge in [0.1, 0.15) is 0 Å². The molecule has 3 heteroatoms. The van der Waals surface area contributed by atoms with Crippen LogP contribution >= 0.6 is 0 Å². The van der Waals surface area contributed by atoms with Gasteiger partial charge in [-0.3, -0.25) is 4.79 Å². The number of amides is 1. The summed E-state index contributed by atoms with van der Waals surface area (Å²) >= 11 is 0. The molecule has 1 atom stereocenters. The molecule has 0 heterocycles. The predicted octanol–water partition coefficient (Wildman–Crippen LogP) is 3.57. The number of hydrogen-bond donors (Lipinski definition) is 1. The third-order valence-electron chi connectivity index (χ3n) is 3.65. The number of nitrogens with zero attached hydrogens (tertiary/aromatic N) is 1. The van der Waals surface area contributed by atoms with Crippen molar-refractivity contribution in [2.24, 2.45) is 11.7 Å². The van der Waals surface area contributed by atoms with Gasteiger partial charge in [-0.25, -0.2) is 0 Å². The van der Waals surface area contributed by atoms with Crippen LogP contribution in [-0.2, 0) is 4.79 Å². The standard InChI is InChI=1S/C16H34N2O/c1-4-6-8-10-12-18(13-11-9-7-5-2)16(19)15(3)14-17/h15H,4-14,17H2,1-3H3. The van der Waals surface area contributed by atoms with Crippen molar-refractivity contribution in [3.63, 3.8) is 0 Å². The van der Waals surface area contributed by atoms with Crippen molar-refractivity contribution in [3.05, 3.63) is 0 Å². The Morgan fingerprint density at radius 2 is 1.42 bits per heavy atom. The van der Waals surface area contributed by atoms with E-state index >= 15 is 0 Å². The van der Waals surface area contributed by atoms with E-state index in [2.05, 4.69) is 13.8 Å². The fourth-order valence-electron chi connectivity index (χ4n) is 2.20. The molecule has 0 aliphatic rings. The Hall–Kier alpha value is -0.570. The number of nitrogens with two attached hydrogens (primary N) is 1. The van der Waals surface area contributed by atoms with E-state index in [1.54, 1.807) is 0 Å². The lowest BCUT2D eigenvalue weighted by Gasteiger charge is -2.25. The molecule has 2 N–H and O–H groups in total. The lowest BCUT2D eigenvalue weighted by atomic mass is 10.1. The van der Waals surface area contributed by atoms with Gasteiger partial charge in [0, 0.05) is 25.6 Å². The molecule has 0 saturated heterocycles. The number of hydrogen-bond acceptors (Lipinski definition) is 2. The number of carbonyl (C=O) groups is 1. The molecule has 0 spiro atoms. The highest BCUT2D eigenvalue weighted by Crippen LogP contribution is 2.09. The Morgan fingerprint density at radius 3 is 1.79 bits per heavy atom. The van der Waals surface area contributed by atoms with E-state index in [4.69, 9.17) is 5.73 Å². The van der Waals surface area contributed by atoms with Crippen molar-refractivity contribution in [1.82, 2.24) is 4.90 Å². The zero-order chi connectivity index (χ0) is 14.5. The Balaban J connectivity index is 4.09. The summed E-state index contributed by atoms with van der Waals surface area (Å²) in [6.45, 7) is 8.64. The summed E-state index contributed by atoms with van der Waals surface area (Å²) in [4.78, 5) is 14.3. The smallest absolute Gasteiger partial charge is 0.226 e. The summed E-state index contributed by atoms with van der Waals surface area (Å²) in [5.41, 5.74) is 5.62. The Morgan fingerprint density at radius 1 is 0.947 bits per heavy atom. The van der Waals surface area contributed by atoms with E-state index in [9.17, 15) is 4.79 Å². The van der Waals surface area contributed by atoms with Crippen LogP contribution in [0.15, 0.2) is 0 Å². The third-order valence-corrected chi connectivity index (χ3v) is 3.65. The van der Waals surface area contributed by atoms with Crippen molar-refractivity contribution < 1.29 is 4.79 Å². The van der Waals surface area contributed by atoms with Crippen molar-refractivity contribution >= 4 is 5.91 Å². The maximum absolute atomic E-state index is 12.2. The van der Waals surface area contributed by atoms with Crippen molar-refractivity contribution in [2.45, 2.75) is 72.1 Å². The molecule has 0 aliphatic heterocycles. The molecule has 19 heavy (non-hydrogen) atoms. The van der Waals surface area contributed by atoms with Gasteiger partial charge in [0.2, 0.25) is 5.91 Å². The summed E-state index contributed by atoms with van der Waals surface area (Å²) in [7, 11) is 0. The number of carbonyl (C=O) groups excluding carboxylic acids is 1. The summed E-state index contributed by atoms with van der Waals surface area (Å²) < 4.78 is 0. The fraction of sp³-hybridized carbons (Fsp3) is 0.938. The van der Waals surface area contributed by atoms with Gasteiger partial charge in [-0.2, -0.15) is 0 Å². The average molecular weight is 270 g/mol. The second kappa shape index (κ2) is 12.5. The highest BCUT2D eigenvalue weighted by molar-refractivity contribution is 5.78. The van der Waals surface area contributed by atoms with Crippen molar-refractivity contribution in [1.29, 1.82) is 0 Å². The van der Waals surface area contributed by atoms with Gasteiger partial charge in [0.05, 0.1) is 0 Å². The molecule has 0 aliphatic carbocycles. The summed E-state index contributed by atoms with van der Waals surface area (Å²) in [5.74, 6) is 0.216. The maximum atomic E-state index is 12.2. The highest BCUT2D eigenvalue weighted by Gasteiger charge is 2.18. The normalized spacial score (nSPS) is 12.4. The molecular weight excluding hydrogens is 236 g/mol. The molecule has 114 valence electrons. The second-order valence-electron chi connectivity index (χ2n) is 5.58. The largest absolute Gasteiger partial charge is 0.342 e. The molecule has 0 aromatic carbocycles. The van der Waals surface area contributed by atoms with Crippen LogP contribution in [0.1, 0.15) is 72.1 Å². The minimum Gasteiger partial charge on any atom is -0.342 e. The molecule has 0 aromatic heterocycles. The van der Waals surface area contributed by atoms with Crippen LogP contribution in [0.25, 0.3) is 0 Å². The Bertz CT molecular complexity index is 207. The molecule has 0 aromatic rings. The zero-order valence-electron chi connectivity index (χ0n) is 13.3. The Labute approximate surface area is 119 Å². The summed E-state index contributed by atoms with van der Waals surface area (Å²) in [5, 5.41) is 0. The molecule has 0 bridgehead atoms. The van der Waals surface area contributed by atoms with Gasteiger partial charge in [0.25, 0.3) is 0 Å². The van der Waals surface area contributed by atoms with E-state index in [1.165, 1.54) is 38.5 Å². The zero-order valence-corrected chi connectivity index (χ0v) is 13.3. The SMILES string of the molecule is CCCCCCN(CCCCCC)C(=O)C(C)CN. The molecule has 0 radical (unpaired) electrons. The van der Waals surface area contributed by atoms with Crippen molar-refractivity contribution in [3.8, 4) is 0 Å². The predicted molar refractivity (Wildman–Crippen MR) is 83.1 cm³/mol. The summed E-state index contributed by atoms with van der Waals surface area (Å²) in [6, 6.07) is 0. The van der Waals surface area contributed by atoms with Gasteiger partial charge in [0.15, 0.2) is 0 Å². The molecule has 3 nitrogen and oxygen atoms in total. The van der Waals surface area contributed by atoms with Crippen LogP contribution in [0.3, 0.4) is 0 Å². The molecule has 0 saturated carbocycles. The van der Waals surface area contributed by atoms with Gasteiger partial charge in [-0.05, 0) is 12.8 Å². The first-order chi connectivity index (χ1) is 9.17. The minimum atomic E-state index is -0.0302. The second-order valence-corrected chi connectivity index (χ2v) is 5.58. The van der Waals surface area contributed by atoms with Gasteiger partial charge in [-0.1, -0.05) is 59.3 Å². The summed E-state index contributed by atoms with van der Waals surface area (Å²) in [6.07, 6.45) is 9.73. The van der Waals surface area contributed by atoms with Crippen LogP contribution in [0, 0.1) is 5.92 Å². The average Bonchev–Trinajstić information content (AvgIpc) is 2.44. The Kier molecular flexibility index (Phi) is 12.1. The number of rotatable bonds is 12. The monoisotopic (exact) mass is 270 g/mol. The molecule has 1 unspecified atom stereocenters. The van der Waals surface area contributed by atoms with Crippen LogP contribution in [0.2, 0.25) is 0 Å². The molecular formula is C16H34N2O. The van der Waals surface area contributed by atoms with Gasteiger partial charge < -0.3 is 10.6 Å². The van der Waals surface area contributed by atoms with Crippen LogP contribution in [0.5, 0.6) is 0 Å². The van der Waals surface area contributed by atoms with Crippen molar-refractivity contribution in [2.75, 3.05) is 19.6 Å². The highest BCUT2D eigenvalue weighted by atomic mass is 16.2. The van der Waals surface area contributed by atoms with Crippen LogP contribution in [0.4, 0.5) is 0 Å². The first kappa shape index (κ1) is 18.4. The lowest BCUT2D eigenvalue weighted by molar-refractivity contribution is -0.134. The van der Waals surface area contributed by atoms with Gasteiger partial charge >= 0.3 is 0 Å². The first-order valence-electron chi connectivity index (χ1n) is 8.16. The fourth-order valence-corrected chi connectivity index (χ4v) is 2.20. The van der Waals surface area contributed by atoms with Gasteiger partial charge in [-0.15, -0.1) is 0 Å². The number of unbranched alkanes of at least 4 members (excludes halogenated alkanes) is 6. The minimum absolute atomic E-state index is 0.0302. The quantitative estimate of drug-likeness (QED) is 0.551. The van der Waals surface area contributed by atoms with E-state index in [1.807, 2.05) is 11.8 Å². The topological polar surface area (TPSA) is 46.3 Å². The van der Waals surface area contributed by atoms with E-state index in [-0.39, 0.29) is 11.8 Å². The maximum Gasteiger partial charge on any atom is 0.226 e. The molecule has 1 amide bonds. The lowest BCUT2D eigenvalue weighted by Crippen LogP contribution is -2.39. The van der Waals surface area contributed by atoms with E-state index in [0.29, 0.717) is 6.54 Å². The van der Waals surface area contributed by atoms with E-state index in [0.717, 1.165) is 25.9 Å². The third kappa shape index (κ3) is 9.04. The molecule has 0 fully saturated rings. The van der Waals surface area contributed by atoms with Crippen LogP contribution in [-0.4, -0.2) is 30.4 Å². The van der Waals surface area contributed by atoms with E-state index < -0.39 is 0 Å². The van der Waals surface area contributed by atoms with Crippen LogP contribution < -0.4 is 5.73 Å². The first-order valence-corrected chi connectivity index (χ1v) is 8.16. The molecule has 0 rings (SSSR count).